The van der Waals surface area contributed by atoms with E-state index in [4.69, 9.17) is 0 Å². The Kier molecular flexibility index (Phi) is 5.60. The Morgan fingerprint density at radius 3 is 2.60 bits per heavy atom. The molecule has 0 saturated carbocycles. The fourth-order valence-corrected chi connectivity index (χ4v) is 2.41. The van der Waals surface area contributed by atoms with Crippen molar-refractivity contribution in [1.82, 2.24) is 10.0 Å². The first-order valence-corrected chi connectivity index (χ1v) is 8.06. The molecule has 0 aliphatic heterocycles. The van der Waals surface area contributed by atoms with E-state index in [1.807, 2.05) is 0 Å². The van der Waals surface area contributed by atoms with Crippen LogP contribution in [0.3, 0.4) is 0 Å². The minimum absolute atomic E-state index is 0.0388. The molecule has 0 radical (unpaired) electrons. The van der Waals surface area contributed by atoms with Crippen molar-refractivity contribution < 1.29 is 18.1 Å². The molecule has 0 aliphatic carbocycles. The zero-order valence-electron chi connectivity index (χ0n) is 10.4. The molecule has 2 N–H and O–H groups in total. The Bertz CT molecular complexity index is 632. The number of carbonyl (C=O) groups is 1. The highest BCUT2D eigenvalue weighted by Gasteiger charge is 2.19. The lowest BCUT2D eigenvalue weighted by Gasteiger charge is -2.07. The largest absolute Gasteiger partial charge is 0.351 e. The van der Waals surface area contributed by atoms with Crippen LogP contribution < -0.4 is 10.0 Å². The quantitative estimate of drug-likeness (QED) is 0.435. The van der Waals surface area contributed by atoms with Crippen LogP contribution in [0.4, 0.5) is 5.69 Å². The molecule has 110 valence electrons. The molecule has 0 spiro atoms. The van der Waals surface area contributed by atoms with Gasteiger partial charge in [0.25, 0.3) is 11.6 Å². The highest BCUT2D eigenvalue weighted by Crippen LogP contribution is 2.27. The van der Waals surface area contributed by atoms with Gasteiger partial charge in [0, 0.05) is 19.2 Å². The normalized spacial score (nSPS) is 11.1. The van der Waals surface area contributed by atoms with Gasteiger partial charge in [-0.25, -0.2) is 13.1 Å². The number of carbonyl (C=O) groups excluding carboxylic acids is 1. The maximum atomic E-state index is 11.8. The molecule has 0 aliphatic rings. The monoisotopic (exact) mass is 365 g/mol. The van der Waals surface area contributed by atoms with Gasteiger partial charge in [0.05, 0.1) is 16.7 Å². The number of nitro groups is 1. The van der Waals surface area contributed by atoms with Crippen LogP contribution in [-0.2, 0) is 10.0 Å². The molecule has 10 heteroatoms. The summed E-state index contributed by atoms with van der Waals surface area (Å²) in [5.41, 5.74) is -0.106. The van der Waals surface area contributed by atoms with Crippen LogP contribution in [0.2, 0.25) is 0 Å². The lowest BCUT2D eigenvalue weighted by molar-refractivity contribution is -0.385. The van der Waals surface area contributed by atoms with Crippen molar-refractivity contribution in [2.45, 2.75) is 0 Å². The van der Waals surface area contributed by atoms with Gasteiger partial charge in [0.1, 0.15) is 4.47 Å². The van der Waals surface area contributed by atoms with Crippen LogP contribution in [0.5, 0.6) is 0 Å². The Labute approximate surface area is 123 Å². The highest BCUT2D eigenvalue weighted by atomic mass is 79.9. The number of hydrogen-bond donors (Lipinski definition) is 2. The van der Waals surface area contributed by atoms with Crippen molar-refractivity contribution in [3.05, 3.63) is 38.3 Å². The average molecular weight is 366 g/mol. The molecule has 0 saturated heterocycles. The number of rotatable bonds is 6. The van der Waals surface area contributed by atoms with Crippen LogP contribution >= 0.6 is 15.9 Å². The number of sulfonamides is 1. The smallest absolute Gasteiger partial charge is 0.284 e. The molecule has 0 bridgehead atoms. The van der Waals surface area contributed by atoms with Crippen molar-refractivity contribution in [2.24, 2.45) is 0 Å². The minimum Gasteiger partial charge on any atom is -0.351 e. The number of halogens is 1. The number of amides is 1. The van der Waals surface area contributed by atoms with E-state index in [1.54, 1.807) is 0 Å². The Hall–Kier alpha value is -1.52. The SMILES string of the molecule is CS(=O)(=O)NCCNC(=O)c1cccc([N+](=O)[O-])c1Br. The summed E-state index contributed by atoms with van der Waals surface area (Å²) in [4.78, 5) is 22.0. The Balaban J connectivity index is 2.69. The maximum absolute atomic E-state index is 11.8. The number of nitrogens with zero attached hydrogens (tertiary/aromatic N) is 1. The Morgan fingerprint density at radius 2 is 2.05 bits per heavy atom. The van der Waals surface area contributed by atoms with Crippen molar-refractivity contribution in [1.29, 1.82) is 0 Å². The van der Waals surface area contributed by atoms with E-state index < -0.39 is 20.9 Å². The lowest BCUT2D eigenvalue weighted by atomic mass is 10.2. The highest BCUT2D eigenvalue weighted by molar-refractivity contribution is 9.10. The molecule has 0 unspecified atom stereocenters. The molecular formula is C10H12BrN3O5S. The minimum atomic E-state index is -3.31. The summed E-state index contributed by atoms with van der Waals surface area (Å²) in [7, 11) is -3.31. The zero-order valence-corrected chi connectivity index (χ0v) is 12.8. The fourth-order valence-electron chi connectivity index (χ4n) is 1.34. The van der Waals surface area contributed by atoms with Crippen molar-refractivity contribution in [2.75, 3.05) is 19.3 Å². The Morgan fingerprint density at radius 1 is 1.40 bits per heavy atom. The summed E-state index contributed by atoms with van der Waals surface area (Å²) in [6, 6.07) is 4.09. The molecule has 0 fully saturated rings. The molecule has 1 aromatic rings. The molecule has 0 aromatic heterocycles. The second-order valence-corrected chi connectivity index (χ2v) is 6.44. The predicted molar refractivity (Wildman–Crippen MR) is 76.0 cm³/mol. The van der Waals surface area contributed by atoms with Crippen molar-refractivity contribution in [3.63, 3.8) is 0 Å². The van der Waals surface area contributed by atoms with Crippen LogP contribution in [-0.4, -0.2) is 38.6 Å². The van der Waals surface area contributed by atoms with Gasteiger partial charge in [-0.05, 0) is 22.0 Å². The van der Waals surface area contributed by atoms with E-state index >= 15 is 0 Å². The summed E-state index contributed by atoms with van der Waals surface area (Å²) in [6.45, 7) is 0.109. The van der Waals surface area contributed by atoms with Gasteiger partial charge in [-0.3, -0.25) is 14.9 Å². The predicted octanol–water partition coefficient (Wildman–Crippen LogP) is 0.636. The molecule has 8 nitrogen and oxygen atoms in total. The van der Waals surface area contributed by atoms with Gasteiger partial charge in [-0.1, -0.05) is 6.07 Å². The van der Waals surface area contributed by atoms with E-state index in [9.17, 15) is 23.3 Å². The van der Waals surface area contributed by atoms with E-state index in [2.05, 4.69) is 26.0 Å². The second-order valence-electron chi connectivity index (χ2n) is 3.82. The second kappa shape index (κ2) is 6.77. The standard InChI is InChI=1S/C10H12BrN3O5S/c1-20(18,19)13-6-5-12-10(15)7-3-2-4-8(9(7)11)14(16)17/h2-4,13H,5-6H2,1H3,(H,12,15). The summed E-state index contributed by atoms with van der Waals surface area (Å²) in [5, 5.41) is 13.2. The summed E-state index contributed by atoms with van der Waals surface area (Å²) in [6.07, 6.45) is 1.01. The van der Waals surface area contributed by atoms with E-state index in [0.717, 1.165) is 6.26 Å². The van der Waals surface area contributed by atoms with Crippen LogP contribution in [0, 0.1) is 10.1 Å². The van der Waals surface area contributed by atoms with Crippen molar-refractivity contribution in [3.8, 4) is 0 Å². The average Bonchev–Trinajstić information content (AvgIpc) is 2.33. The summed E-state index contributed by atoms with van der Waals surface area (Å²) < 4.78 is 23.9. The molecule has 20 heavy (non-hydrogen) atoms. The van der Waals surface area contributed by atoms with Gasteiger partial charge in [0.2, 0.25) is 10.0 Å². The van der Waals surface area contributed by atoms with E-state index in [-0.39, 0.29) is 28.8 Å². The number of nitrogens with one attached hydrogen (secondary N) is 2. The molecule has 1 rings (SSSR count). The number of hydrogen-bond acceptors (Lipinski definition) is 5. The third-order valence-corrected chi connectivity index (χ3v) is 3.76. The molecule has 1 amide bonds. The lowest BCUT2D eigenvalue weighted by Crippen LogP contribution is -2.34. The number of nitro benzene ring substituents is 1. The fraction of sp³-hybridized carbons (Fsp3) is 0.300. The first-order chi connectivity index (χ1) is 9.22. The topological polar surface area (TPSA) is 118 Å². The molecule has 0 atom stereocenters. The van der Waals surface area contributed by atoms with E-state index in [1.165, 1.54) is 18.2 Å². The van der Waals surface area contributed by atoms with Gasteiger partial charge < -0.3 is 5.32 Å². The van der Waals surface area contributed by atoms with Gasteiger partial charge in [-0.2, -0.15) is 0 Å². The van der Waals surface area contributed by atoms with Crippen LogP contribution in [0.25, 0.3) is 0 Å². The number of benzene rings is 1. The van der Waals surface area contributed by atoms with Crippen molar-refractivity contribution >= 4 is 37.5 Å². The van der Waals surface area contributed by atoms with E-state index in [0.29, 0.717) is 0 Å². The molecule has 0 heterocycles. The third-order valence-electron chi connectivity index (χ3n) is 2.19. The van der Waals surface area contributed by atoms with Crippen LogP contribution in [0.1, 0.15) is 10.4 Å². The molecular weight excluding hydrogens is 354 g/mol. The molecule has 1 aromatic carbocycles. The first kappa shape index (κ1) is 16.5. The maximum Gasteiger partial charge on any atom is 0.284 e. The summed E-state index contributed by atoms with van der Waals surface area (Å²) in [5.74, 6) is -0.532. The zero-order chi connectivity index (χ0) is 15.3. The summed E-state index contributed by atoms with van der Waals surface area (Å²) >= 11 is 3.01. The van der Waals surface area contributed by atoms with Gasteiger partial charge in [-0.15, -0.1) is 0 Å². The van der Waals surface area contributed by atoms with Crippen LogP contribution in [0.15, 0.2) is 22.7 Å². The van der Waals surface area contributed by atoms with Gasteiger partial charge in [0.15, 0.2) is 0 Å². The van der Waals surface area contributed by atoms with Gasteiger partial charge >= 0.3 is 0 Å². The third kappa shape index (κ3) is 4.87. The first-order valence-electron chi connectivity index (χ1n) is 5.38.